The van der Waals surface area contributed by atoms with Crippen LogP contribution in [0, 0.1) is 0 Å². The minimum Gasteiger partial charge on any atom is -0.438 e. The van der Waals surface area contributed by atoms with Crippen LogP contribution in [0.15, 0.2) is 66.3 Å². The normalized spacial score (nSPS) is 11.4. The molecule has 9 heteroatoms. The second kappa shape index (κ2) is 7.81. The van der Waals surface area contributed by atoms with Gasteiger partial charge in [0.05, 0.1) is 16.1 Å². The zero-order valence-corrected chi connectivity index (χ0v) is 16.1. The minimum atomic E-state index is -4.52. The molecule has 0 aliphatic heterocycles. The summed E-state index contributed by atoms with van der Waals surface area (Å²) in [6.07, 6.45) is -2.15. The van der Waals surface area contributed by atoms with Crippen molar-refractivity contribution in [3.63, 3.8) is 0 Å². The highest BCUT2D eigenvalue weighted by atomic mass is 35.5. The van der Waals surface area contributed by atoms with E-state index in [1.807, 2.05) is 23.6 Å². The molecule has 146 valence electrons. The first-order valence-corrected chi connectivity index (χ1v) is 9.54. The van der Waals surface area contributed by atoms with Crippen molar-refractivity contribution in [3.05, 3.63) is 76.9 Å². The molecule has 0 bridgehead atoms. The summed E-state index contributed by atoms with van der Waals surface area (Å²) < 4.78 is 43.6. The van der Waals surface area contributed by atoms with Gasteiger partial charge in [-0.1, -0.05) is 17.7 Å². The third-order valence-electron chi connectivity index (χ3n) is 3.89. The van der Waals surface area contributed by atoms with Crippen LogP contribution in [-0.2, 0) is 6.18 Å². The molecule has 4 rings (SSSR count). The molecule has 29 heavy (non-hydrogen) atoms. The molecule has 0 aliphatic carbocycles. The molecule has 0 aliphatic rings. The second-order valence-corrected chi connectivity index (χ2v) is 7.23. The van der Waals surface area contributed by atoms with Gasteiger partial charge in [0.25, 0.3) is 0 Å². The maximum absolute atomic E-state index is 12.7. The van der Waals surface area contributed by atoms with E-state index in [0.29, 0.717) is 17.8 Å². The SMILES string of the molecule is FC(F)(F)c1cnc(Oc2ccc(-c3nccc(-c4cccs4)n3)cc2)c(Cl)c1. The molecule has 3 aromatic heterocycles. The molecule has 0 atom stereocenters. The molecular weight excluding hydrogens is 423 g/mol. The number of hydrogen-bond acceptors (Lipinski definition) is 5. The highest BCUT2D eigenvalue weighted by Gasteiger charge is 2.31. The van der Waals surface area contributed by atoms with E-state index < -0.39 is 11.7 Å². The molecule has 0 N–H and O–H groups in total. The summed E-state index contributed by atoms with van der Waals surface area (Å²) in [6, 6.07) is 13.3. The maximum Gasteiger partial charge on any atom is 0.417 e. The van der Waals surface area contributed by atoms with Gasteiger partial charge in [0.15, 0.2) is 5.82 Å². The van der Waals surface area contributed by atoms with Crippen LogP contribution in [0.4, 0.5) is 13.2 Å². The van der Waals surface area contributed by atoms with Gasteiger partial charge in [0.1, 0.15) is 10.8 Å². The minimum absolute atomic E-state index is 0.108. The van der Waals surface area contributed by atoms with Crippen molar-refractivity contribution in [3.8, 4) is 33.6 Å². The lowest BCUT2D eigenvalue weighted by atomic mass is 10.2. The number of nitrogens with zero attached hydrogens (tertiary/aromatic N) is 3. The largest absolute Gasteiger partial charge is 0.438 e. The Morgan fingerprint density at radius 3 is 2.45 bits per heavy atom. The third-order valence-corrected chi connectivity index (χ3v) is 5.05. The van der Waals surface area contributed by atoms with E-state index in [1.54, 1.807) is 41.8 Å². The lowest BCUT2D eigenvalue weighted by molar-refractivity contribution is -0.137. The molecule has 0 unspecified atom stereocenters. The van der Waals surface area contributed by atoms with E-state index >= 15 is 0 Å². The van der Waals surface area contributed by atoms with Crippen LogP contribution in [0.2, 0.25) is 5.02 Å². The summed E-state index contributed by atoms with van der Waals surface area (Å²) in [4.78, 5) is 13.6. The maximum atomic E-state index is 12.7. The van der Waals surface area contributed by atoms with Gasteiger partial charge in [-0.25, -0.2) is 15.0 Å². The average molecular weight is 434 g/mol. The number of hydrogen-bond donors (Lipinski definition) is 0. The quantitative estimate of drug-likeness (QED) is 0.358. The second-order valence-electron chi connectivity index (χ2n) is 5.88. The molecule has 0 fully saturated rings. The van der Waals surface area contributed by atoms with Gasteiger partial charge < -0.3 is 4.74 Å². The van der Waals surface area contributed by atoms with Gasteiger partial charge >= 0.3 is 6.18 Å². The predicted molar refractivity (Wildman–Crippen MR) is 105 cm³/mol. The van der Waals surface area contributed by atoms with E-state index in [4.69, 9.17) is 16.3 Å². The highest BCUT2D eigenvalue weighted by Crippen LogP contribution is 2.35. The molecule has 0 radical (unpaired) electrons. The molecule has 4 nitrogen and oxygen atoms in total. The number of ether oxygens (including phenoxy) is 1. The molecule has 4 aromatic rings. The number of halogens is 4. The molecule has 0 saturated heterocycles. The van der Waals surface area contributed by atoms with Crippen molar-refractivity contribution in [1.29, 1.82) is 0 Å². The third kappa shape index (κ3) is 4.38. The molecular formula is C20H11ClF3N3OS. The van der Waals surface area contributed by atoms with Gasteiger partial charge in [-0.05, 0) is 47.8 Å². The van der Waals surface area contributed by atoms with Crippen molar-refractivity contribution in [2.45, 2.75) is 6.18 Å². The summed E-state index contributed by atoms with van der Waals surface area (Å²) in [5.74, 6) is 0.814. The Morgan fingerprint density at radius 1 is 1.00 bits per heavy atom. The van der Waals surface area contributed by atoms with Crippen LogP contribution in [-0.4, -0.2) is 15.0 Å². The van der Waals surface area contributed by atoms with Crippen molar-refractivity contribution < 1.29 is 17.9 Å². The summed E-state index contributed by atoms with van der Waals surface area (Å²) >= 11 is 7.46. The highest BCUT2D eigenvalue weighted by molar-refractivity contribution is 7.13. The lowest BCUT2D eigenvalue weighted by Crippen LogP contribution is -2.05. The number of benzene rings is 1. The topological polar surface area (TPSA) is 47.9 Å². The van der Waals surface area contributed by atoms with Crippen LogP contribution in [0.1, 0.15) is 5.56 Å². The zero-order chi connectivity index (χ0) is 20.4. The molecule has 0 spiro atoms. The first kappa shape index (κ1) is 19.4. The lowest BCUT2D eigenvalue weighted by Gasteiger charge is -2.10. The summed E-state index contributed by atoms with van der Waals surface area (Å²) in [7, 11) is 0. The van der Waals surface area contributed by atoms with E-state index in [0.717, 1.165) is 22.2 Å². The van der Waals surface area contributed by atoms with Gasteiger partial charge in [0.2, 0.25) is 5.88 Å². The van der Waals surface area contributed by atoms with Gasteiger partial charge in [-0.2, -0.15) is 13.2 Å². The summed E-state index contributed by atoms with van der Waals surface area (Å²) in [5.41, 5.74) is 0.654. The molecule has 0 amide bonds. The van der Waals surface area contributed by atoms with Gasteiger partial charge in [-0.15, -0.1) is 11.3 Å². The molecule has 0 saturated carbocycles. The average Bonchev–Trinajstić information content (AvgIpc) is 3.24. The Balaban J connectivity index is 1.54. The van der Waals surface area contributed by atoms with Gasteiger partial charge in [-0.3, -0.25) is 0 Å². The van der Waals surface area contributed by atoms with Crippen LogP contribution in [0.25, 0.3) is 22.0 Å². The fourth-order valence-electron chi connectivity index (χ4n) is 2.50. The van der Waals surface area contributed by atoms with E-state index in [-0.39, 0.29) is 10.9 Å². The standard InChI is InChI=1S/C20H11ClF3N3OS/c21-15-10-13(20(22,23)24)11-26-19(15)28-14-5-3-12(4-6-14)18-25-8-7-16(27-18)17-2-1-9-29-17/h1-11H. The van der Waals surface area contributed by atoms with Crippen molar-refractivity contribution in [1.82, 2.24) is 15.0 Å². The monoisotopic (exact) mass is 433 g/mol. The predicted octanol–water partition coefficient (Wildman–Crippen LogP) is 6.73. The first-order chi connectivity index (χ1) is 13.9. The smallest absolute Gasteiger partial charge is 0.417 e. The first-order valence-electron chi connectivity index (χ1n) is 8.28. The Morgan fingerprint density at radius 2 is 1.79 bits per heavy atom. The van der Waals surface area contributed by atoms with Crippen molar-refractivity contribution in [2.24, 2.45) is 0 Å². The van der Waals surface area contributed by atoms with E-state index in [1.165, 1.54) is 0 Å². The Hall–Kier alpha value is -2.97. The fourth-order valence-corrected chi connectivity index (χ4v) is 3.40. The Kier molecular flexibility index (Phi) is 5.21. The number of rotatable bonds is 4. The molecule has 3 heterocycles. The summed E-state index contributed by atoms with van der Waals surface area (Å²) in [5, 5.41) is 1.75. The van der Waals surface area contributed by atoms with Crippen LogP contribution in [0.3, 0.4) is 0 Å². The van der Waals surface area contributed by atoms with Crippen LogP contribution in [0.5, 0.6) is 11.6 Å². The van der Waals surface area contributed by atoms with Gasteiger partial charge in [0, 0.05) is 18.0 Å². The van der Waals surface area contributed by atoms with Crippen molar-refractivity contribution >= 4 is 22.9 Å². The fraction of sp³-hybridized carbons (Fsp3) is 0.0500. The number of alkyl halides is 3. The molecule has 1 aromatic carbocycles. The van der Waals surface area contributed by atoms with Crippen molar-refractivity contribution in [2.75, 3.05) is 0 Å². The summed E-state index contributed by atoms with van der Waals surface area (Å²) in [6.45, 7) is 0. The van der Waals surface area contributed by atoms with E-state index in [2.05, 4.69) is 15.0 Å². The Labute approximate surface area is 172 Å². The van der Waals surface area contributed by atoms with E-state index in [9.17, 15) is 13.2 Å². The number of thiophene rings is 1. The van der Waals surface area contributed by atoms with Crippen LogP contribution >= 0.6 is 22.9 Å². The zero-order valence-electron chi connectivity index (χ0n) is 14.5. The number of pyridine rings is 1. The Bertz CT molecular complexity index is 1130. The van der Waals surface area contributed by atoms with Crippen LogP contribution < -0.4 is 4.74 Å². The number of aromatic nitrogens is 3.